The van der Waals surface area contributed by atoms with Gasteiger partial charge in [0, 0.05) is 24.7 Å². The van der Waals surface area contributed by atoms with E-state index in [1.807, 2.05) is 12.4 Å². The fourth-order valence-electron chi connectivity index (χ4n) is 1.94. The van der Waals surface area contributed by atoms with Crippen molar-refractivity contribution in [2.75, 3.05) is 11.4 Å². The first-order chi connectivity index (χ1) is 8.49. The molecular weight excluding hydrogens is 224 g/mol. The van der Waals surface area contributed by atoms with E-state index in [-0.39, 0.29) is 5.54 Å². The van der Waals surface area contributed by atoms with E-state index in [0.29, 0.717) is 6.04 Å². The standard InChI is InChI=1S/C14H24N4/c1-5-18(12-6-7-12)13-10-15-11(8-16-13)9-17-14(2,3)4/h8,10,12,17H,5-7,9H2,1-4H3. The van der Waals surface area contributed by atoms with Gasteiger partial charge in [0.2, 0.25) is 0 Å². The van der Waals surface area contributed by atoms with Crippen LogP contribution in [0.5, 0.6) is 0 Å². The van der Waals surface area contributed by atoms with Gasteiger partial charge in [0.05, 0.1) is 18.1 Å². The Labute approximate surface area is 110 Å². The average molecular weight is 248 g/mol. The predicted octanol–water partition coefficient (Wildman–Crippen LogP) is 2.35. The smallest absolute Gasteiger partial charge is 0.147 e. The van der Waals surface area contributed by atoms with Crippen molar-refractivity contribution in [3.05, 3.63) is 18.1 Å². The Morgan fingerprint density at radius 1 is 1.28 bits per heavy atom. The van der Waals surface area contributed by atoms with Crippen LogP contribution in [0.4, 0.5) is 5.82 Å². The van der Waals surface area contributed by atoms with Crippen molar-refractivity contribution in [2.24, 2.45) is 0 Å². The molecule has 1 saturated carbocycles. The maximum Gasteiger partial charge on any atom is 0.147 e. The zero-order valence-corrected chi connectivity index (χ0v) is 11.9. The van der Waals surface area contributed by atoms with E-state index in [2.05, 4.69) is 47.9 Å². The van der Waals surface area contributed by atoms with Crippen molar-refractivity contribution >= 4 is 5.82 Å². The molecule has 0 radical (unpaired) electrons. The molecule has 18 heavy (non-hydrogen) atoms. The van der Waals surface area contributed by atoms with Gasteiger partial charge in [-0.2, -0.15) is 0 Å². The molecule has 0 amide bonds. The monoisotopic (exact) mass is 248 g/mol. The fraction of sp³-hybridized carbons (Fsp3) is 0.714. The average Bonchev–Trinajstić information content (AvgIpc) is 3.12. The lowest BCUT2D eigenvalue weighted by Gasteiger charge is -2.22. The quantitative estimate of drug-likeness (QED) is 0.868. The van der Waals surface area contributed by atoms with Crippen molar-refractivity contribution < 1.29 is 0 Å². The summed E-state index contributed by atoms with van der Waals surface area (Å²) >= 11 is 0. The summed E-state index contributed by atoms with van der Waals surface area (Å²) in [5, 5.41) is 3.42. The minimum atomic E-state index is 0.115. The minimum absolute atomic E-state index is 0.115. The Morgan fingerprint density at radius 2 is 2.00 bits per heavy atom. The van der Waals surface area contributed by atoms with E-state index in [4.69, 9.17) is 0 Å². The summed E-state index contributed by atoms with van der Waals surface area (Å²) in [7, 11) is 0. The molecule has 1 N–H and O–H groups in total. The molecule has 2 rings (SSSR count). The number of aromatic nitrogens is 2. The second kappa shape index (κ2) is 5.22. The highest BCUT2D eigenvalue weighted by atomic mass is 15.2. The summed E-state index contributed by atoms with van der Waals surface area (Å²) in [6.45, 7) is 10.4. The number of hydrogen-bond donors (Lipinski definition) is 1. The highest BCUT2D eigenvalue weighted by molar-refractivity contribution is 5.39. The number of nitrogens with zero attached hydrogens (tertiary/aromatic N) is 3. The maximum atomic E-state index is 4.54. The normalized spacial score (nSPS) is 15.8. The van der Waals surface area contributed by atoms with E-state index < -0.39 is 0 Å². The summed E-state index contributed by atoms with van der Waals surface area (Å²) in [6.07, 6.45) is 6.38. The largest absolute Gasteiger partial charge is 0.353 e. The van der Waals surface area contributed by atoms with Crippen LogP contribution in [-0.4, -0.2) is 28.1 Å². The van der Waals surface area contributed by atoms with Crippen LogP contribution in [0.2, 0.25) is 0 Å². The first-order valence-corrected chi connectivity index (χ1v) is 6.82. The van der Waals surface area contributed by atoms with Gasteiger partial charge in [-0.15, -0.1) is 0 Å². The molecule has 0 spiro atoms. The van der Waals surface area contributed by atoms with E-state index >= 15 is 0 Å². The van der Waals surface area contributed by atoms with Crippen LogP contribution in [0.15, 0.2) is 12.4 Å². The van der Waals surface area contributed by atoms with Crippen molar-refractivity contribution in [1.29, 1.82) is 0 Å². The summed E-state index contributed by atoms with van der Waals surface area (Å²) in [5.41, 5.74) is 1.12. The second-order valence-electron chi connectivity index (χ2n) is 5.99. The lowest BCUT2D eigenvalue weighted by molar-refractivity contribution is 0.421. The van der Waals surface area contributed by atoms with Crippen LogP contribution in [0.1, 0.15) is 46.2 Å². The molecule has 0 aliphatic heterocycles. The van der Waals surface area contributed by atoms with Crippen molar-refractivity contribution in [3.63, 3.8) is 0 Å². The van der Waals surface area contributed by atoms with Gasteiger partial charge in [0.15, 0.2) is 0 Å². The molecule has 4 heteroatoms. The summed E-state index contributed by atoms with van der Waals surface area (Å²) in [4.78, 5) is 11.4. The van der Waals surface area contributed by atoms with Gasteiger partial charge >= 0.3 is 0 Å². The van der Waals surface area contributed by atoms with Crippen LogP contribution < -0.4 is 10.2 Å². The first-order valence-electron chi connectivity index (χ1n) is 6.82. The molecular formula is C14H24N4. The molecule has 100 valence electrons. The van der Waals surface area contributed by atoms with Crippen molar-refractivity contribution in [1.82, 2.24) is 15.3 Å². The van der Waals surface area contributed by atoms with Crippen LogP contribution in [-0.2, 0) is 6.54 Å². The predicted molar refractivity (Wildman–Crippen MR) is 74.7 cm³/mol. The maximum absolute atomic E-state index is 4.54. The van der Waals surface area contributed by atoms with E-state index in [1.54, 1.807) is 0 Å². The molecule has 1 aliphatic rings. The van der Waals surface area contributed by atoms with Gasteiger partial charge in [-0.1, -0.05) is 0 Å². The lowest BCUT2D eigenvalue weighted by atomic mass is 10.1. The van der Waals surface area contributed by atoms with Crippen molar-refractivity contribution in [2.45, 2.75) is 58.7 Å². The van der Waals surface area contributed by atoms with Crippen molar-refractivity contribution in [3.8, 4) is 0 Å². The Morgan fingerprint density at radius 3 is 2.44 bits per heavy atom. The number of anilines is 1. The molecule has 1 aliphatic carbocycles. The molecule has 0 aromatic carbocycles. The zero-order valence-electron chi connectivity index (χ0n) is 11.9. The second-order valence-corrected chi connectivity index (χ2v) is 5.99. The molecule has 0 saturated heterocycles. The number of nitrogens with one attached hydrogen (secondary N) is 1. The molecule has 1 heterocycles. The molecule has 0 atom stereocenters. The van der Waals surface area contributed by atoms with Gasteiger partial charge in [0.1, 0.15) is 5.82 Å². The van der Waals surface area contributed by atoms with Gasteiger partial charge in [-0.25, -0.2) is 4.98 Å². The van der Waals surface area contributed by atoms with Gasteiger partial charge in [-0.05, 0) is 40.5 Å². The third kappa shape index (κ3) is 3.67. The molecule has 0 unspecified atom stereocenters. The zero-order chi connectivity index (χ0) is 13.2. The third-order valence-electron chi connectivity index (χ3n) is 3.11. The molecule has 4 nitrogen and oxygen atoms in total. The highest BCUT2D eigenvalue weighted by Gasteiger charge is 2.28. The molecule has 0 bridgehead atoms. The Bertz CT molecular complexity index is 376. The van der Waals surface area contributed by atoms with Crippen LogP contribution >= 0.6 is 0 Å². The summed E-state index contributed by atoms with van der Waals surface area (Å²) < 4.78 is 0. The van der Waals surface area contributed by atoms with E-state index in [9.17, 15) is 0 Å². The molecule has 1 fully saturated rings. The number of hydrogen-bond acceptors (Lipinski definition) is 4. The number of rotatable bonds is 5. The summed E-state index contributed by atoms with van der Waals surface area (Å²) in [5.74, 6) is 1.01. The van der Waals surface area contributed by atoms with Crippen LogP contribution in [0.25, 0.3) is 0 Å². The van der Waals surface area contributed by atoms with E-state index in [1.165, 1.54) is 12.8 Å². The molecule has 1 aromatic heterocycles. The highest BCUT2D eigenvalue weighted by Crippen LogP contribution is 2.29. The third-order valence-corrected chi connectivity index (χ3v) is 3.11. The Kier molecular flexibility index (Phi) is 3.85. The first kappa shape index (κ1) is 13.3. The van der Waals surface area contributed by atoms with Gasteiger partial charge in [0.25, 0.3) is 0 Å². The van der Waals surface area contributed by atoms with Gasteiger partial charge in [-0.3, -0.25) is 4.98 Å². The Balaban J connectivity index is 1.96. The van der Waals surface area contributed by atoms with Crippen LogP contribution in [0.3, 0.4) is 0 Å². The minimum Gasteiger partial charge on any atom is -0.353 e. The fourth-order valence-corrected chi connectivity index (χ4v) is 1.94. The molecule has 1 aromatic rings. The van der Waals surface area contributed by atoms with E-state index in [0.717, 1.165) is 24.6 Å². The lowest BCUT2D eigenvalue weighted by Crippen LogP contribution is -2.35. The SMILES string of the molecule is CCN(c1cnc(CNC(C)(C)C)cn1)C1CC1. The topological polar surface area (TPSA) is 41.1 Å². The Hall–Kier alpha value is -1.16. The van der Waals surface area contributed by atoms with Gasteiger partial charge < -0.3 is 10.2 Å². The summed E-state index contributed by atoms with van der Waals surface area (Å²) in [6, 6.07) is 0.697. The van der Waals surface area contributed by atoms with Crippen LogP contribution in [0, 0.1) is 0 Å².